The largest absolute Gasteiger partial charge is 0.464 e. The van der Waals surface area contributed by atoms with Gasteiger partial charge in [0.05, 0.1) is 23.0 Å². The van der Waals surface area contributed by atoms with E-state index in [1.54, 1.807) is 6.26 Å². The Kier molecular flexibility index (Phi) is 3.55. The van der Waals surface area contributed by atoms with Gasteiger partial charge in [-0.15, -0.1) is 0 Å². The number of fused-ring (bicyclic) bond motifs is 6. The fourth-order valence-corrected chi connectivity index (χ4v) is 4.86. The molecule has 0 aliphatic heterocycles. The Morgan fingerprint density at radius 2 is 1.41 bits per heavy atom. The summed E-state index contributed by atoms with van der Waals surface area (Å²) >= 11 is 0. The highest BCUT2D eigenvalue weighted by Crippen LogP contribution is 2.38. The summed E-state index contributed by atoms with van der Waals surface area (Å²) in [5, 5.41) is 5.82. The number of hydrogen-bond acceptors (Lipinski definition) is 2. The van der Waals surface area contributed by atoms with Crippen molar-refractivity contribution >= 4 is 43.5 Å². The van der Waals surface area contributed by atoms with E-state index in [0.29, 0.717) is 0 Å². The minimum Gasteiger partial charge on any atom is -0.464 e. The van der Waals surface area contributed by atoms with Gasteiger partial charge in [-0.2, -0.15) is 0 Å². The van der Waals surface area contributed by atoms with E-state index in [1.165, 1.54) is 16.2 Å². The number of rotatable bonds is 2. The quantitative estimate of drug-likeness (QED) is 0.292. The van der Waals surface area contributed by atoms with Crippen molar-refractivity contribution in [3.8, 4) is 17.1 Å². The van der Waals surface area contributed by atoms with Crippen molar-refractivity contribution in [3.05, 3.63) is 109 Å². The lowest BCUT2D eigenvalue weighted by Gasteiger charge is -2.13. The fourth-order valence-electron chi connectivity index (χ4n) is 4.86. The van der Waals surface area contributed by atoms with Crippen molar-refractivity contribution in [2.75, 3.05) is 0 Å². The maximum atomic E-state index is 5.74. The summed E-state index contributed by atoms with van der Waals surface area (Å²) in [5.41, 5.74) is 5.24. The Balaban J connectivity index is 1.67. The summed E-state index contributed by atoms with van der Waals surface area (Å²) in [6.45, 7) is 0. The average Bonchev–Trinajstić information content (AvgIpc) is 3.46. The first kappa shape index (κ1) is 17.3. The summed E-state index contributed by atoms with van der Waals surface area (Å²) in [4.78, 5) is 5.24. The maximum Gasteiger partial charge on any atom is 0.138 e. The Morgan fingerprint density at radius 1 is 0.625 bits per heavy atom. The molecule has 3 nitrogen and oxygen atoms in total. The lowest BCUT2D eigenvalue weighted by atomic mass is 10.0. The molecule has 0 atom stereocenters. The van der Waals surface area contributed by atoms with Gasteiger partial charge >= 0.3 is 0 Å². The first-order valence-electron chi connectivity index (χ1n) is 10.7. The van der Waals surface area contributed by atoms with E-state index < -0.39 is 0 Å². The van der Waals surface area contributed by atoms with Gasteiger partial charge in [0.15, 0.2) is 0 Å². The van der Waals surface area contributed by atoms with Crippen LogP contribution in [0.4, 0.5) is 0 Å². The van der Waals surface area contributed by atoms with E-state index in [4.69, 9.17) is 9.40 Å². The van der Waals surface area contributed by atoms with E-state index >= 15 is 0 Å². The van der Waals surface area contributed by atoms with Crippen molar-refractivity contribution < 1.29 is 4.42 Å². The first-order chi connectivity index (χ1) is 15.9. The van der Waals surface area contributed by atoms with Gasteiger partial charge in [0.1, 0.15) is 11.4 Å². The number of nitrogens with zero attached hydrogens (tertiary/aromatic N) is 2. The second-order valence-electron chi connectivity index (χ2n) is 8.06. The zero-order valence-corrected chi connectivity index (χ0v) is 17.2. The van der Waals surface area contributed by atoms with Crippen LogP contribution in [0.15, 0.2) is 114 Å². The summed E-state index contributed by atoms with van der Waals surface area (Å²) in [7, 11) is 0. The van der Waals surface area contributed by atoms with Gasteiger partial charge in [-0.25, -0.2) is 4.98 Å². The average molecular weight is 410 g/mol. The Morgan fingerprint density at radius 3 is 2.31 bits per heavy atom. The van der Waals surface area contributed by atoms with Crippen molar-refractivity contribution in [1.82, 2.24) is 9.55 Å². The van der Waals surface area contributed by atoms with Crippen LogP contribution in [-0.2, 0) is 0 Å². The molecule has 0 bridgehead atoms. The third-order valence-corrected chi connectivity index (χ3v) is 6.27. The van der Waals surface area contributed by atoms with E-state index in [9.17, 15) is 0 Å². The number of hydrogen-bond donors (Lipinski definition) is 0. The van der Waals surface area contributed by atoms with Crippen molar-refractivity contribution in [1.29, 1.82) is 0 Å². The lowest BCUT2D eigenvalue weighted by molar-refractivity contribution is 0.616. The molecule has 3 heteroatoms. The summed E-state index contributed by atoms with van der Waals surface area (Å²) in [6.07, 6.45) is 1.76. The molecule has 0 saturated carbocycles. The summed E-state index contributed by atoms with van der Waals surface area (Å²) in [5.74, 6) is 0.905. The molecule has 0 radical (unpaired) electrons. The standard InChI is InChI=1S/C29H18N2O/c1-2-8-19(9-3-1)28-21-11-5-4-10-20(21)18-27(30-28)31-25-13-7-6-12-22(25)23-14-15-26-24(29(23)31)16-17-32-26/h1-18H. The van der Waals surface area contributed by atoms with Crippen LogP contribution in [0.1, 0.15) is 0 Å². The molecular formula is C29H18N2O. The third-order valence-electron chi connectivity index (χ3n) is 6.27. The predicted octanol–water partition coefficient (Wildman–Crippen LogP) is 7.75. The minimum atomic E-state index is 0.880. The van der Waals surface area contributed by atoms with Gasteiger partial charge in [-0.3, -0.25) is 4.57 Å². The van der Waals surface area contributed by atoms with Gasteiger partial charge in [0.2, 0.25) is 0 Å². The highest BCUT2D eigenvalue weighted by molar-refractivity contribution is 6.18. The third kappa shape index (κ3) is 2.39. The van der Waals surface area contributed by atoms with E-state index in [-0.39, 0.29) is 0 Å². The molecule has 7 rings (SSSR count). The van der Waals surface area contributed by atoms with Crippen LogP contribution in [0, 0.1) is 0 Å². The van der Waals surface area contributed by atoms with Gasteiger partial charge in [0, 0.05) is 27.1 Å². The number of aromatic nitrogens is 2. The second kappa shape index (κ2) is 6.56. The molecule has 7 aromatic rings. The SMILES string of the molecule is c1ccc(-c2nc(-n3c4ccccc4c4ccc5occc5c43)cc3ccccc23)cc1. The van der Waals surface area contributed by atoms with Crippen LogP contribution in [0.25, 0.3) is 60.6 Å². The van der Waals surface area contributed by atoms with Crippen LogP contribution in [0.5, 0.6) is 0 Å². The van der Waals surface area contributed by atoms with Crippen molar-refractivity contribution in [2.24, 2.45) is 0 Å². The molecule has 0 spiro atoms. The maximum absolute atomic E-state index is 5.74. The fraction of sp³-hybridized carbons (Fsp3) is 0. The Bertz CT molecular complexity index is 1770. The number of para-hydroxylation sites is 1. The van der Waals surface area contributed by atoms with Gasteiger partial charge in [0.25, 0.3) is 0 Å². The van der Waals surface area contributed by atoms with E-state index in [2.05, 4.69) is 95.6 Å². The monoisotopic (exact) mass is 410 g/mol. The molecule has 32 heavy (non-hydrogen) atoms. The minimum absolute atomic E-state index is 0.880. The Labute approximate surface area is 184 Å². The van der Waals surface area contributed by atoms with Gasteiger partial charge in [-0.1, -0.05) is 72.8 Å². The van der Waals surface area contributed by atoms with Gasteiger partial charge in [-0.05, 0) is 35.7 Å². The van der Waals surface area contributed by atoms with Crippen LogP contribution >= 0.6 is 0 Å². The zero-order valence-electron chi connectivity index (χ0n) is 17.2. The van der Waals surface area contributed by atoms with E-state index in [1.807, 2.05) is 12.1 Å². The molecule has 3 aromatic heterocycles. The molecule has 0 aliphatic rings. The van der Waals surface area contributed by atoms with E-state index in [0.717, 1.165) is 44.5 Å². The Hall–Kier alpha value is -4.37. The molecule has 0 aliphatic carbocycles. The number of pyridine rings is 1. The van der Waals surface area contributed by atoms with Crippen LogP contribution in [-0.4, -0.2) is 9.55 Å². The number of furan rings is 1. The van der Waals surface area contributed by atoms with Crippen molar-refractivity contribution in [3.63, 3.8) is 0 Å². The smallest absolute Gasteiger partial charge is 0.138 e. The highest BCUT2D eigenvalue weighted by Gasteiger charge is 2.18. The molecular weight excluding hydrogens is 392 g/mol. The topological polar surface area (TPSA) is 31.0 Å². The number of benzene rings is 4. The van der Waals surface area contributed by atoms with Crippen LogP contribution in [0.3, 0.4) is 0 Å². The molecule has 0 unspecified atom stereocenters. The normalized spacial score (nSPS) is 11.8. The van der Waals surface area contributed by atoms with Gasteiger partial charge < -0.3 is 4.42 Å². The molecule has 0 N–H and O–H groups in total. The molecule has 4 aromatic carbocycles. The second-order valence-corrected chi connectivity index (χ2v) is 8.06. The lowest BCUT2D eigenvalue weighted by Crippen LogP contribution is -2.00. The summed E-state index contributed by atoms with van der Waals surface area (Å²) in [6, 6.07) is 35.8. The zero-order chi connectivity index (χ0) is 21.1. The molecule has 0 amide bonds. The molecule has 0 fully saturated rings. The first-order valence-corrected chi connectivity index (χ1v) is 10.7. The molecule has 3 heterocycles. The summed E-state index contributed by atoms with van der Waals surface area (Å²) < 4.78 is 8.02. The molecule has 150 valence electrons. The molecule has 0 saturated heterocycles. The van der Waals surface area contributed by atoms with Crippen LogP contribution in [0.2, 0.25) is 0 Å². The highest BCUT2D eigenvalue weighted by atomic mass is 16.3. The van der Waals surface area contributed by atoms with Crippen LogP contribution < -0.4 is 0 Å². The van der Waals surface area contributed by atoms with Crippen molar-refractivity contribution in [2.45, 2.75) is 0 Å². The predicted molar refractivity (Wildman–Crippen MR) is 131 cm³/mol.